The van der Waals surface area contributed by atoms with Gasteiger partial charge in [0.1, 0.15) is 11.5 Å². The molecule has 0 saturated carbocycles. The predicted octanol–water partition coefficient (Wildman–Crippen LogP) is 9.05. The van der Waals surface area contributed by atoms with Crippen LogP contribution in [-0.4, -0.2) is 11.4 Å². The van der Waals surface area contributed by atoms with Crippen molar-refractivity contribution < 1.29 is 31.1 Å². The van der Waals surface area contributed by atoms with Gasteiger partial charge in [-0.15, -0.1) is 0 Å². The van der Waals surface area contributed by atoms with E-state index in [9.17, 15) is 26.3 Å². The topological polar surface area (TPSA) is 9.23 Å². The lowest BCUT2D eigenvalue weighted by molar-refractivity contribution is -0.137. The monoisotopic (exact) mass is 618 g/mol. The Balaban J connectivity index is 1.52. The molecule has 3 aromatic carbocycles. The molecule has 0 amide bonds. The summed E-state index contributed by atoms with van der Waals surface area (Å²) >= 11 is 2.19. The van der Waals surface area contributed by atoms with Crippen LogP contribution < -0.4 is 4.74 Å². The number of ether oxygens (including phenoxy) is 1. The fourth-order valence-electron chi connectivity index (χ4n) is 4.38. The van der Waals surface area contributed by atoms with Gasteiger partial charge < -0.3 is 4.74 Å². The standard InChI is InChI=1S/C26H17F6IOS/c27-25(28,29)15-1-11-23-21(13-15)22-14-16(26(30,31)32)2-12-24(22)35(23)20-9-7-19(8-10-20)34-18-5-3-17(33)4-6-18/h1-14,21,23,35H. The maximum absolute atomic E-state index is 13.4. The lowest BCUT2D eigenvalue weighted by atomic mass is 9.88. The lowest BCUT2D eigenvalue weighted by Gasteiger charge is -2.28. The maximum atomic E-state index is 13.4. The molecule has 3 aromatic rings. The molecule has 0 bridgehead atoms. The van der Waals surface area contributed by atoms with E-state index in [0.717, 1.165) is 32.8 Å². The zero-order chi connectivity index (χ0) is 25.0. The second kappa shape index (κ2) is 8.92. The van der Waals surface area contributed by atoms with Gasteiger partial charge in [0.2, 0.25) is 0 Å². The van der Waals surface area contributed by atoms with Crippen LogP contribution in [0.1, 0.15) is 17.0 Å². The molecule has 0 radical (unpaired) electrons. The van der Waals surface area contributed by atoms with Crippen molar-refractivity contribution in [3.63, 3.8) is 0 Å². The third kappa shape index (κ3) is 4.84. The van der Waals surface area contributed by atoms with Crippen molar-refractivity contribution >= 4 is 33.5 Å². The highest BCUT2D eigenvalue weighted by Gasteiger charge is 2.43. The maximum Gasteiger partial charge on any atom is 0.416 e. The molecule has 5 rings (SSSR count). The number of halogens is 7. The Morgan fingerprint density at radius 1 is 0.771 bits per heavy atom. The van der Waals surface area contributed by atoms with E-state index in [4.69, 9.17) is 4.74 Å². The van der Waals surface area contributed by atoms with Gasteiger partial charge in [-0.3, -0.25) is 0 Å². The molecule has 0 aromatic heterocycles. The molecule has 0 N–H and O–H groups in total. The number of thiol groups is 1. The summed E-state index contributed by atoms with van der Waals surface area (Å²) in [6.07, 6.45) is -5.53. The quantitative estimate of drug-likeness (QED) is 0.175. The van der Waals surface area contributed by atoms with Crippen molar-refractivity contribution in [2.75, 3.05) is 0 Å². The summed E-state index contributed by atoms with van der Waals surface area (Å²) in [5.74, 6) is 0.476. The molecule has 0 fully saturated rings. The summed E-state index contributed by atoms with van der Waals surface area (Å²) in [6, 6.07) is 18.2. The average Bonchev–Trinajstić information content (AvgIpc) is 3.13. The van der Waals surface area contributed by atoms with Crippen LogP contribution in [0.25, 0.3) is 0 Å². The van der Waals surface area contributed by atoms with Crippen LogP contribution in [0.3, 0.4) is 0 Å². The zero-order valence-electron chi connectivity index (χ0n) is 17.7. The van der Waals surface area contributed by atoms with E-state index >= 15 is 0 Å². The summed E-state index contributed by atoms with van der Waals surface area (Å²) in [6.45, 7) is 0. The van der Waals surface area contributed by atoms with E-state index in [2.05, 4.69) is 22.6 Å². The van der Waals surface area contributed by atoms with Crippen LogP contribution in [0, 0.1) is 3.57 Å². The fraction of sp³-hybridized carbons (Fsp3) is 0.154. The van der Waals surface area contributed by atoms with Crippen molar-refractivity contribution in [2.45, 2.75) is 33.3 Å². The first-order valence-electron chi connectivity index (χ1n) is 10.5. The Hall–Kier alpha value is -2.40. The molecule has 0 saturated heterocycles. The van der Waals surface area contributed by atoms with Crippen molar-refractivity contribution in [2.24, 2.45) is 0 Å². The molecule has 0 spiro atoms. The SMILES string of the molecule is FC(F)(F)C1=CC2c3cc(C(F)(F)F)ccc3[SH](c3ccc(Oc4ccc(I)cc4)cc3)C2C=C1. The van der Waals surface area contributed by atoms with Crippen LogP contribution in [0.4, 0.5) is 26.3 Å². The van der Waals surface area contributed by atoms with E-state index in [1.807, 2.05) is 36.4 Å². The smallest absolute Gasteiger partial charge is 0.416 e. The van der Waals surface area contributed by atoms with Gasteiger partial charge in [-0.2, -0.15) is 37.2 Å². The van der Waals surface area contributed by atoms with Crippen molar-refractivity contribution in [3.05, 3.63) is 105 Å². The highest BCUT2D eigenvalue weighted by molar-refractivity contribution is 14.1. The molecule has 1 aliphatic heterocycles. The molecular formula is C26H17F6IOS. The Labute approximate surface area is 214 Å². The molecule has 1 nitrogen and oxygen atoms in total. The minimum atomic E-state index is -4.58. The predicted molar refractivity (Wildman–Crippen MR) is 132 cm³/mol. The van der Waals surface area contributed by atoms with Gasteiger partial charge in [-0.1, -0.05) is 18.2 Å². The number of hydrogen-bond acceptors (Lipinski definition) is 1. The van der Waals surface area contributed by atoms with Gasteiger partial charge in [0.15, 0.2) is 0 Å². The van der Waals surface area contributed by atoms with Gasteiger partial charge in [0.25, 0.3) is 0 Å². The Morgan fingerprint density at radius 2 is 1.40 bits per heavy atom. The van der Waals surface area contributed by atoms with Crippen molar-refractivity contribution in [3.8, 4) is 11.5 Å². The van der Waals surface area contributed by atoms with E-state index in [1.54, 1.807) is 12.1 Å². The molecular weight excluding hydrogens is 601 g/mol. The minimum Gasteiger partial charge on any atom is -0.457 e. The highest BCUT2D eigenvalue weighted by Crippen LogP contribution is 2.63. The summed E-state index contributed by atoms with van der Waals surface area (Å²) in [7, 11) is -1.22. The molecule has 35 heavy (non-hydrogen) atoms. The first-order chi connectivity index (χ1) is 16.5. The normalized spacial score (nSPS) is 22.4. The molecule has 3 unspecified atom stereocenters. The molecule has 1 heterocycles. The van der Waals surface area contributed by atoms with Crippen LogP contribution in [0.5, 0.6) is 11.5 Å². The highest BCUT2D eigenvalue weighted by atomic mass is 127. The Morgan fingerprint density at radius 3 is 2.00 bits per heavy atom. The van der Waals surface area contributed by atoms with Crippen LogP contribution in [-0.2, 0) is 6.18 Å². The van der Waals surface area contributed by atoms with E-state index < -0.39 is 40.3 Å². The molecule has 182 valence electrons. The number of alkyl halides is 6. The van der Waals surface area contributed by atoms with Gasteiger partial charge in [-0.05, 0) is 105 Å². The third-order valence-corrected chi connectivity index (χ3v) is 9.55. The van der Waals surface area contributed by atoms with Crippen LogP contribution in [0.15, 0.2) is 100 Å². The van der Waals surface area contributed by atoms with Crippen LogP contribution >= 0.6 is 33.5 Å². The lowest BCUT2D eigenvalue weighted by Crippen LogP contribution is -2.19. The molecule has 3 atom stereocenters. The fourth-order valence-corrected chi connectivity index (χ4v) is 7.71. The molecule has 9 heteroatoms. The number of fused-ring (bicyclic) bond motifs is 3. The van der Waals surface area contributed by atoms with E-state index in [-0.39, 0.29) is 5.25 Å². The summed E-state index contributed by atoms with van der Waals surface area (Å²) in [5, 5.41) is -0.363. The average molecular weight is 618 g/mol. The van der Waals surface area contributed by atoms with Crippen LogP contribution in [0.2, 0.25) is 0 Å². The van der Waals surface area contributed by atoms with E-state index in [0.29, 0.717) is 22.0 Å². The van der Waals surface area contributed by atoms with Gasteiger partial charge in [-0.25, -0.2) is 0 Å². The van der Waals surface area contributed by atoms with E-state index in [1.165, 1.54) is 12.1 Å². The second-order valence-electron chi connectivity index (χ2n) is 8.19. The summed E-state index contributed by atoms with van der Waals surface area (Å²) < 4.78 is 87.3. The Bertz CT molecular complexity index is 1310. The number of hydrogen-bond donors (Lipinski definition) is 1. The zero-order valence-corrected chi connectivity index (χ0v) is 20.8. The summed E-state index contributed by atoms with van der Waals surface area (Å²) in [4.78, 5) is 1.52. The third-order valence-electron chi connectivity index (χ3n) is 5.96. The number of benzene rings is 3. The second-order valence-corrected chi connectivity index (χ2v) is 11.8. The first-order valence-corrected chi connectivity index (χ1v) is 13.0. The van der Waals surface area contributed by atoms with Crippen molar-refractivity contribution in [1.29, 1.82) is 0 Å². The van der Waals surface area contributed by atoms with Crippen molar-refractivity contribution in [1.82, 2.24) is 0 Å². The first kappa shape index (κ1) is 24.3. The van der Waals surface area contributed by atoms with Gasteiger partial charge in [0, 0.05) is 14.7 Å². The molecule has 2 aliphatic rings. The largest absolute Gasteiger partial charge is 0.457 e. The van der Waals surface area contributed by atoms with Gasteiger partial charge in [0.05, 0.1) is 11.1 Å². The number of allylic oxidation sites excluding steroid dienone is 3. The molecule has 1 aliphatic carbocycles. The summed E-state index contributed by atoms with van der Waals surface area (Å²) in [5.41, 5.74) is -1.38. The number of rotatable bonds is 3. The minimum absolute atomic E-state index is 0.307. The Kier molecular flexibility index (Phi) is 6.19. The van der Waals surface area contributed by atoms with Gasteiger partial charge >= 0.3 is 12.4 Å².